The number of halogens is 3. The summed E-state index contributed by atoms with van der Waals surface area (Å²) >= 11 is 0. The van der Waals surface area contributed by atoms with Crippen LogP contribution in [0.25, 0.3) is 0 Å². The Morgan fingerprint density at radius 2 is 2.07 bits per heavy atom. The minimum absolute atomic E-state index is 0.00273. The predicted molar refractivity (Wildman–Crippen MR) is 41.5 cm³/mol. The fraction of sp³-hybridized carbons (Fsp3) is 0.857. The Morgan fingerprint density at radius 3 is 2.50 bits per heavy atom. The number of hydrogen-bond donors (Lipinski definition) is 1. The van der Waals surface area contributed by atoms with Crippen molar-refractivity contribution in [3.63, 3.8) is 0 Å². The second kappa shape index (κ2) is 5.82. The lowest BCUT2D eigenvalue weighted by Gasteiger charge is -2.10. The molecule has 0 heterocycles. The molecule has 0 radical (unpaired) electrons. The van der Waals surface area contributed by atoms with Crippen LogP contribution in [0, 0.1) is 0 Å². The molecule has 0 saturated carbocycles. The zero-order chi connectivity index (χ0) is 11.2. The number of carbonyl (C=O) groups is 1. The maximum Gasteiger partial charge on any atom is 0.411 e. The molecule has 0 aliphatic heterocycles. The van der Waals surface area contributed by atoms with Crippen LogP contribution in [0.4, 0.5) is 13.2 Å². The maximum absolute atomic E-state index is 11.6. The van der Waals surface area contributed by atoms with Gasteiger partial charge in [0.15, 0.2) is 0 Å². The van der Waals surface area contributed by atoms with E-state index in [9.17, 15) is 18.0 Å². The van der Waals surface area contributed by atoms with Crippen molar-refractivity contribution in [2.75, 3.05) is 20.3 Å². The maximum atomic E-state index is 11.6. The number of alkyl halides is 3. The van der Waals surface area contributed by atoms with Gasteiger partial charge in [-0.05, 0) is 6.42 Å². The van der Waals surface area contributed by atoms with Crippen molar-refractivity contribution in [3.05, 3.63) is 0 Å². The number of ether oxygens (including phenoxy) is 2. The fourth-order valence-electron chi connectivity index (χ4n) is 0.667. The van der Waals surface area contributed by atoms with Crippen molar-refractivity contribution in [3.8, 4) is 0 Å². The van der Waals surface area contributed by atoms with Crippen LogP contribution in [-0.2, 0) is 14.3 Å². The molecule has 0 rings (SSSR count). The molecule has 0 aromatic rings. The standard InChI is InChI=1S/C7H12F3NO3/c1-13-6(12)5(11)2-3-14-4-7(8,9)10/h5H,2-4,11H2,1H3. The van der Waals surface area contributed by atoms with Crippen LogP contribution in [0.1, 0.15) is 6.42 Å². The van der Waals surface area contributed by atoms with E-state index in [0.29, 0.717) is 0 Å². The van der Waals surface area contributed by atoms with Gasteiger partial charge >= 0.3 is 12.1 Å². The topological polar surface area (TPSA) is 61.5 Å². The summed E-state index contributed by atoms with van der Waals surface area (Å²) in [7, 11) is 1.15. The third kappa shape index (κ3) is 6.67. The number of esters is 1. The van der Waals surface area contributed by atoms with Gasteiger partial charge in [-0.15, -0.1) is 0 Å². The summed E-state index contributed by atoms with van der Waals surface area (Å²) in [5.74, 6) is -0.666. The second-order valence-electron chi connectivity index (χ2n) is 2.59. The van der Waals surface area contributed by atoms with Gasteiger partial charge in [-0.25, -0.2) is 0 Å². The van der Waals surface area contributed by atoms with E-state index in [2.05, 4.69) is 9.47 Å². The zero-order valence-corrected chi connectivity index (χ0v) is 7.63. The number of nitrogens with two attached hydrogens (primary N) is 1. The predicted octanol–water partition coefficient (Wildman–Crippen LogP) is 0.456. The molecule has 0 spiro atoms. The first-order valence-corrected chi connectivity index (χ1v) is 3.84. The van der Waals surface area contributed by atoms with Gasteiger partial charge in [-0.2, -0.15) is 13.2 Å². The third-order valence-corrected chi connectivity index (χ3v) is 1.34. The van der Waals surface area contributed by atoms with E-state index >= 15 is 0 Å². The van der Waals surface area contributed by atoms with E-state index in [-0.39, 0.29) is 13.0 Å². The highest BCUT2D eigenvalue weighted by molar-refractivity contribution is 5.75. The SMILES string of the molecule is COC(=O)C(N)CCOCC(F)(F)F. The lowest BCUT2D eigenvalue weighted by atomic mass is 10.2. The van der Waals surface area contributed by atoms with Crippen LogP contribution in [0.5, 0.6) is 0 Å². The summed E-state index contributed by atoms with van der Waals surface area (Å²) in [6.45, 7) is -1.56. The Morgan fingerprint density at radius 1 is 1.50 bits per heavy atom. The lowest BCUT2D eigenvalue weighted by Crippen LogP contribution is -2.33. The lowest BCUT2D eigenvalue weighted by molar-refractivity contribution is -0.174. The normalized spacial score (nSPS) is 13.8. The van der Waals surface area contributed by atoms with Crippen molar-refractivity contribution < 1.29 is 27.4 Å². The molecule has 0 bridgehead atoms. The summed E-state index contributed by atoms with van der Waals surface area (Å²) < 4.78 is 43.2. The minimum atomic E-state index is -4.35. The van der Waals surface area contributed by atoms with Crippen molar-refractivity contribution in [2.24, 2.45) is 5.73 Å². The first-order chi connectivity index (χ1) is 6.37. The summed E-state index contributed by atoms with van der Waals surface area (Å²) in [4.78, 5) is 10.7. The average Bonchev–Trinajstić information content (AvgIpc) is 2.09. The van der Waals surface area contributed by atoms with Gasteiger partial charge in [0.25, 0.3) is 0 Å². The van der Waals surface area contributed by atoms with Crippen LogP contribution in [0.15, 0.2) is 0 Å². The Labute approximate surface area is 79.2 Å². The highest BCUT2D eigenvalue weighted by Crippen LogP contribution is 2.14. The van der Waals surface area contributed by atoms with Crippen LogP contribution in [0.2, 0.25) is 0 Å². The Kier molecular flexibility index (Phi) is 5.47. The molecule has 0 aliphatic carbocycles. The molecule has 4 nitrogen and oxygen atoms in total. The molecule has 84 valence electrons. The van der Waals surface area contributed by atoms with E-state index in [1.807, 2.05) is 0 Å². The van der Waals surface area contributed by atoms with E-state index in [1.165, 1.54) is 0 Å². The number of rotatable bonds is 5. The first kappa shape index (κ1) is 13.2. The van der Waals surface area contributed by atoms with Gasteiger partial charge in [0.05, 0.1) is 7.11 Å². The molecule has 0 aromatic carbocycles. The quantitative estimate of drug-likeness (QED) is 0.534. The van der Waals surface area contributed by atoms with Crippen molar-refractivity contribution in [1.29, 1.82) is 0 Å². The first-order valence-electron chi connectivity index (χ1n) is 3.84. The molecule has 1 unspecified atom stereocenters. The number of hydrogen-bond acceptors (Lipinski definition) is 4. The van der Waals surface area contributed by atoms with Crippen LogP contribution in [0.3, 0.4) is 0 Å². The minimum Gasteiger partial charge on any atom is -0.468 e. The fourth-order valence-corrected chi connectivity index (χ4v) is 0.667. The van der Waals surface area contributed by atoms with Gasteiger partial charge in [0.1, 0.15) is 12.6 Å². The average molecular weight is 215 g/mol. The van der Waals surface area contributed by atoms with E-state index in [1.54, 1.807) is 0 Å². The molecule has 1 atom stereocenters. The Balaban J connectivity index is 3.50. The van der Waals surface area contributed by atoms with Crippen molar-refractivity contribution >= 4 is 5.97 Å². The third-order valence-electron chi connectivity index (χ3n) is 1.34. The van der Waals surface area contributed by atoms with Gasteiger partial charge in [0, 0.05) is 6.61 Å². The van der Waals surface area contributed by atoms with Gasteiger partial charge in [-0.3, -0.25) is 4.79 Å². The van der Waals surface area contributed by atoms with Crippen molar-refractivity contribution in [2.45, 2.75) is 18.6 Å². The molecule has 0 aromatic heterocycles. The molecular formula is C7H12F3NO3. The largest absolute Gasteiger partial charge is 0.468 e. The highest BCUT2D eigenvalue weighted by atomic mass is 19.4. The van der Waals surface area contributed by atoms with Crippen molar-refractivity contribution in [1.82, 2.24) is 0 Å². The molecule has 7 heteroatoms. The Bertz CT molecular complexity index is 184. The summed E-state index contributed by atoms with van der Waals surface area (Å²) in [5, 5.41) is 0. The van der Waals surface area contributed by atoms with E-state index < -0.39 is 24.8 Å². The van der Waals surface area contributed by atoms with E-state index in [0.717, 1.165) is 7.11 Å². The summed E-state index contributed by atoms with van der Waals surface area (Å²) in [5.41, 5.74) is 5.24. The van der Waals surface area contributed by atoms with Gasteiger partial charge in [0.2, 0.25) is 0 Å². The molecular weight excluding hydrogens is 203 g/mol. The molecule has 2 N–H and O–H groups in total. The van der Waals surface area contributed by atoms with Gasteiger partial charge < -0.3 is 15.2 Å². The molecule has 0 fully saturated rings. The second-order valence-corrected chi connectivity index (χ2v) is 2.59. The number of methoxy groups -OCH3 is 1. The molecule has 0 amide bonds. The summed E-state index contributed by atoms with van der Waals surface area (Å²) in [6, 6.07) is -0.937. The van der Waals surface area contributed by atoms with E-state index in [4.69, 9.17) is 5.73 Å². The van der Waals surface area contributed by atoms with Gasteiger partial charge in [-0.1, -0.05) is 0 Å². The molecule has 14 heavy (non-hydrogen) atoms. The smallest absolute Gasteiger partial charge is 0.411 e. The summed E-state index contributed by atoms with van der Waals surface area (Å²) in [6.07, 6.45) is -4.35. The van der Waals surface area contributed by atoms with Crippen LogP contribution in [-0.4, -0.2) is 38.5 Å². The zero-order valence-electron chi connectivity index (χ0n) is 7.63. The highest BCUT2D eigenvalue weighted by Gasteiger charge is 2.27. The molecule has 0 saturated heterocycles. The molecule has 0 aliphatic rings. The monoisotopic (exact) mass is 215 g/mol. The van der Waals surface area contributed by atoms with Crippen LogP contribution < -0.4 is 5.73 Å². The van der Waals surface area contributed by atoms with Crippen LogP contribution >= 0.6 is 0 Å². The Hall–Kier alpha value is -0.820. The number of carbonyl (C=O) groups excluding carboxylic acids is 1.